The van der Waals surface area contributed by atoms with E-state index in [2.05, 4.69) is 5.32 Å². The fraction of sp³-hybridized carbons (Fsp3) is 0.278. The van der Waals surface area contributed by atoms with Gasteiger partial charge in [-0.1, -0.05) is 30.3 Å². The van der Waals surface area contributed by atoms with Crippen molar-refractivity contribution in [2.75, 3.05) is 6.26 Å². The van der Waals surface area contributed by atoms with Crippen LogP contribution in [0.4, 0.5) is 4.39 Å². The summed E-state index contributed by atoms with van der Waals surface area (Å²) in [6, 6.07) is 13.1. The van der Waals surface area contributed by atoms with Gasteiger partial charge in [-0.25, -0.2) is 8.57 Å². The molecule has 0 unspecified atom stereocenters. The zero-order chi connectivity index (χ0) is 20.1. The Kier molecular flexibility index (Phi) is 6.53. The molecular formula is C18H21FN2O5S. The van der Waals surface area contributed by atoms with Gasteiger partial charge < -0.3 is 10.5 Å². The first-order valence-corrected chi connectivity index (χ1v) is 9.81. The van der Waals surface area contributed by atoms with Crippen LogP contribution in [0.1, 0.15) is 18.1 Å². The summed E-state index contributed by atoms with van der Waals surface area (Å²) in [5, 5.41) is 2.69. The van der Waals surface area contributed by atoms with E-state index >= 15 is 0 Å². The van der Waals surface area contributed by atoms with Crippen LogP contribution in [0, 0.1) is 5.82 Å². The number of primary amides is 1. The van der Waals surface area contributed by atoms with Crippen molar-refractivity contribution in [3.63, 3.8) is 0 Å². The van der Waals surface area contributed by atoms with Gasteiger partial charge in [0.05, 0.1) is 6.26 Å². The van der Waals surface area contributed by atoms with E-state index in [0.29, 0.717) is 11.3 Å². The first-order chi connectivity index (χ1) is 12.6. The molecule has 0 bridgehead atoms. The van der Waals surface area contributed by atoms with Crippen molar-refractivity contribution in [3.8, 4) is 5.75 Å². The summed E-state index contributed by atoms with van der Waals surface area (Å²) in [4.78, 5) is 11.5. The number of ether oxygens (including phenoxy) is 1. The lowest BCUT2D eigenvalue weighted by atomic mass is 10.2. The first kappa shape index (κ1) is 20.8. The minimum Gasteiger partial charge on any atom is -0.489 e. The number of nitrogens with two attached hydrogens (primary N) is 1. The molecule has 0 radical (unpaired) electrons. The molecule has 0 aliphatic rings. The minimum absolute atomic E-state index is 0.0895. The summed E-state index contributed by atoms with van der Waals surface area (Å²) in [5.41, 5.74) is 4.54. The molecule has 0 aliphatic carbocycles. The highest BCUT2D eigenvalue weighted by Gasteiger charge is 2.35. The number of amides is 1. The summed E-state index contributed by atoms with van der Waals surface area (Å²) >= 11 is 0. The summed E-state index contributed by atoms with van der Waals surface area (Å²) in [6.45, 7) is 1.46. The molecule has 0 spiro atoms. The third kappa shape index (κ3) is 6.31. The smallest absolute Gasteiger partial charge is 0.266 e. The van der Waals surface area contributed by atoms with Gasteiger partial charge in [0.15, 0.2) is 0 Å². The van der Waals surface area contributed by atoms with Crippen molar-refractivity contribution in [3.05, 3.63) is 65.5 Å². The fourth-order valence-electron chi connectivity index (χ4n) is 2.21. The van der Waals surface area contributed by atoms with Gasteiger partial charge in [0.2, 0.25) is 5.72 Å². The van der Waals surface area contributed by atoms with Crippen molar-refractivity contribution in [2.24, 2.45) is 5.73 Å². The zero-order valence-corrected chi connectivity index (χ0v) is 15.8. The lowest BCUT2D eigenvalue weighted by Crippen LogP contribution is -2.55. The molecular weight excluding hydrogens is 375 g/mol. The molecule has 146 valence electrons. The molecule has 0 saturated carbocycles. The number of benzene rings is 2. The summed E-state index contributed by atoms with van der Waals surface area (Å²) in [7, 11) is -3.89. The lowest BCUT2D eigenvalue weighted by molar-refractivity contribution is -0.134. The molecule has 1 atom stereocenters. The van der Waals surface area contributed by atoms with E-state index in [9.17, 15) is 17.6 Å². The normalized spacial score (nSPS) is 13.7. The maximum atomic E-state index is 13.6. The predicted molar refractivity (Wildman–Crippen MR) is 97.5 cm³/mol. The average molecular weight is 396 g/mol. The molecule has 2 rings (SSSR count). The van der Waals surface area contributed by atoms with E-state index in [1.54, 1.807) is 42.5 Å². The van der Waals surface area contributed by atoms with Crippen LogP contribution in [0.3, 0.4) is 0 Å². The summed E-state index contributed by atoms with van der Waals surface area (Å²) < 4.78 is 46.5. The maximum Gasteiger partial charge on any atom is 0.266 e. The number of nitrogens with one attached hydrogen (secondary N) is 1. The number of hydrogen-bond acceptors (Lipinski definition) is 6. The second-order valence-corrected chi connectivity index (χ2v) is 7.64. The van der Waals surface area contributed by atoms with E-state index in [4.69, 9.17) is 14.7 Å². The number of carbonyl (C=O) groups excluding carboxylic acids is 1. The largest absolute Gasteiger partial charge is 0.489 e. The van der Waals surface area contributed by atoms with Crippen LogP contribution in [0.2, 0.25) is 0 Å². The van der Waals surface area contributed by atoms with Crippen LogP contribution in [-0.4, -0.2) is 26.3 Å². The Labute approximate surface area is 157 Å². The molecule has 0 saturated heterocycles. The van der Waals surface area contributed by atoms with Crippen molar-refractivity contribution in [1.29, 1.82) is 0 Å². The lowest BCUT2D eigenvalue weighted by Gasteiger charge is -2.26. The second kappa shape index (κ2) is 8.47. The highest BCUT2D eigenvalue weighted by atomic mass is 32.2. The number of carbonyl (C=O) groups is 1. The Bertz CT molecular complexity index is 902. The molecule has 9 heteroatoms. The Hall–Kier alpha value is -2.49. The molecule has 0 heterocycles. The maximum absolute atomic E-state index is 13.6. The van der Waals surface area contributed by atoms with Crippen LogP contribution < -0.4 is 15.8 Å². The van der Waals surface area contributed by atoms with E-state index in [0.717, 1.165) is 11.8 Å². The van der Waals surface area contributed by atoms with E-state index < -0.39 is 21.8 Å². The molecule has 0 aromatic heterocycles. The van der Waals surface area contributed by atoms with Gasteiger partial charge >= 0.3 is 0 Å². The Morgan fingerprint density at radius 3 is 2.37 bits per heavy atom. The molecule has 2 aromatic carbocycles. The highest BCUT2D eigenvalue weighted by Crippen LogP contribution is 2.17. The third-order valence-corrected chi connectivity index (χ3v) is 4.33. The fourth-order valence-corrected chi connectivity index (χ4v) is 2.96. The molecule has 3 N–H and O–H groups in total. The van der Waals surface area contributed by atoms with Gasteiger partial charge in [-0.2, -0.15) is 8.42 Å². The van der Waals surface area contributed by atoms with Gasteiger partial charge in [-0.05, 0) is 30.7 Å². The number of halogens is 1. The SMILES string of the molecule is C[C@@](NCc1ccc(OCc2ccccc2F)cc1)(OS(C)(=O)=O)C(N)=O. The van der Waals surface area contributed by atoms with Crippen molar-refractivity contribution in [1.82, 2.24) is 5.32 Å². The summed E-state index contributed by atoms with van der Waals surface area (Å²) in [5.74, 6) is -0.764. The molecule has 2 aromatic rings. The van der Waals surface area contributed by atoms with Crippen LogP contribution in [-0.2, 0) is 32.2 Å². The van der Waals surface area contributed by atoms with Crippen LogP contribution in [0.5, 0.6) is 5.75 Å². The van der Waals surface area contributed by atoms with Gasteiger partial charge in [-0.15, -0.1) is 0 Å². The molecule has 1 amide bonds. The Balaban J connectivity index is 1.96. The van der Waals surface area contributed by atoms with Gasteiger partial charge in [-0.3, -0.25) is 10.1 Å². The Morgan fingerprint density at radius 2 is 1.81 bits per heavy atom. The molecule has 0 fully saturated rings. The Morgan fingerprint density at radius 1 is 1.19 bits per heavy atom. The second-order valence-electron chi connectivity index (χ2n) is 6.06. The van der Waals surface area contributed by atoms with Gasteiger partial charge in [0.1, 0.15) is 18.2 Å². The molecule has 7 nitrogen and oxygen atoms in total. The van der Waals surface area contributed by atoms with Crippen LogP contribution >= 0.6 is 0 Å². The molecule has 0 aliphatic heterocycles. The predicted octanol–water partition coefficient (Wildman–Crippen LogP) is 1.67. The summed E-state index contributed by atoms with van der Waals surface area (Å²) in [6.07, 6.45) is 0.831. The standard InChI is InChI=1S/C18H21FN2O5S/c1-18(17(20)22,26-27(2,23)24)21-11-13-7-9-15(10-8-13)25-12-14-5-3-4-6-16(14)19/h3-10,21H,11-12H2,1-2H3,(H2,20,22)/t18-/m1/s1. The van der Waals surface area contributed by atoms with Crippen molar-refractivity contribution >= 4 is 16.0 Å². The highest BCUT2D eigenvalue weighted by molar-refractivity contribution is 7.86. The topological polar surface area (TPSA) is 108 Å². The average Bonchev–Trinajstić information content (AvgIpc) is 2.58. The quantitative estimate of drug-likeness (QED) is 0.493. The van der Waals surface area contributed by atoms with Gasteiger partial charge in [0, 0.05) is 12.1 Å². The number of rotatable bonds is 9. The third-order valence-electron chi connectivity index (χ3n) is 3.69. The van der Waals surface area contributed by atoms with Gasteiger partial charge in [0.25, 0.3) is 16.0 Å². The number of hydrogen-bond donors (Lipinski definition) is 2. The van der Waals surface area contributed by atoms with Crippen molar-refractivity contribution in [2.45, 2.75) is 25.8 Å². The van der Waals surface area contributed by atoms with E-state index in [-0.39, 0.29) is 19.0 Å². The van der Waals surface area contributed by atoms with E-state index in [1.165, 1.54) is 13.0 Å². The van der Waals surface area contributed by atoms with Crippen molar-refractivity contribution < 1.29 is 26.5 Å². The molecule has 27 heavy (non-hydrogen) atoms. The van der Waals surface area contributed by atoms with E-state index in [1.807, 2.05) is 0 Å². The monoisotopic (exact) mass is 396 g/mol. The van der Waals surface area contributed by atoms with Crippen LogP contribution in [0.25, 0.3) is 0 Å². The first-order valence-electron chi connectivity index (χ1n) is 8.00. The van der Waals surface area contributed by atoms with Crippen LogP contribution in [0.15, 0.2) is 48.5 Å². The minimum atomic E-state index is -3.89. The zero-order valence-electron chi connectivity index (χ0n) is 14.9.